The van der Waals surface area contributed by atoms with Gasteiger partial charge < -0.3 is 15.8 Å². The molecule has 5 nitrogen and oxygen atoms in total. The summed E-state index contributed by atoms with van der Waals surface area (Å²) < 4.78 is 5.23. The first kappa shape index (κ1) is 14.4. The molecule has 0 aliphatic heterocycles. The van der Waals surface area contributed by atoms with Crippen molar-refractivity contribution >= 4 is 11.6 Å². The fourth-order valence-electron chi connectivity index (χ4n) is 1.51. The Morgan fingerprint density at radius 3 is 2.89 bits per heavy atom. The van der Waals surface area contributed by atoms with Gasteiger partial charge in [-0.25, -0.2) is 4.98 Å². The van der Waals surface area contributed by atoms with Crippen molar-refractivity contribution in [1.82, 2.24) is 4.98 Å². The summed E-state index contributed by atoms with van der Waals surface area (Å²) in [5.41, 5.74) is 6.10. The van der Waals surface area contributed by atoms with Gasteiger partial charge in [-0.1, -0.05) is 6.92 Å². The summed E-state index contributed by atoms with van der Waals surface area (Å²) in [6, 6.07) is 3.52. The summed E-state index contributed by atoms with van der Waals surface area (Å²) in [4.78, 5) is 15.9. The molecule has 0 saturated carbocycles. The van der Waals surface area contributed by atoms with Gasteiger partial charge in [-0.15, -0.1) is 0 Å². The zero-order chi connectivity index (χ0) is 13.4. The van der Waals surface area contributed by atoms with E-state index < -0.39 is 0 Å². The van der Waals surface area contributed by atoms with Crippen LogP contribution < -0.4 is 15.8 Å². The number of nitrogens with one attached hydrogen (secondary N) is 1. The highest BCUT2D eigenvalue weighted by molar-refractivity contribution is 5.92. The molecule has 0 spiro atoms. The van der Waals surface area contributed by atoms with Gasteiger partial charge in [0.25, 0.3) is 0 Å². The van der Waals surface area contributed by atoms with Crippen molar-refractivity contribution in [3.05, 3.63) is 18.3 Å². The zero-order valence-electron chi connectivity index (χ0n) is 11.0. The molecular formula is C13H21N3O2. The third kappa shape index (κ3) is 4.71. The average molecular weight is 251 g/mol. The standard InChI is InChI=1S/C13H21N3O2/c1-3-18-12-7-6-11(9-15-12)16-13(17)10(2)5-4-8-14/h6-7,9-10H,3-5,8,14H2,1-2H3,(H,16,17). The number of ether oxygens (including phenoxy) is 1. The number of hydrogen-bond acceptors (Lipinski definition) is 4. The van der Waals surface area contributed by atoms with E-state index in [1.54, 1.807) is 18.3 Å². The molecule has 18 heavy (non-hydrogen) atoms. The molecule has 5 heteroatoms. The monoisotopic (exact) mass is 251 g/mol. The molecule has 1 aromatic rings. The van der Waals surface area contributed by atoms with Gasteiger partial charge in [0, 0.05) is 12.0 Å². The van der Waals surface area contributed by atoms with Crippen molar-refractivity contribution in [1.29, 1.82) is 0 Å². The van der Waals surface area contributed by atoms with Crippen molar-refractivity contribution < 1.29 is 9.53 Å². The minimum absolute atomic E-state index is 0.00518. The normalized spacial score (nSPS) is 11.9. The predicted octanol–water partition coefficient (Wildman–Crippen LogP) is 1.79. The summed E-state index contributed by atoms with van der Waals surface area (Å²) in [6.45, 7) is 4.99. The molecule has 1 aromatic heterocycles. The number of carbonyl (C=O) groups is 1. The minimum atomic E-state index is -0.0416. The van der Waals surface area contributed by atoms with Crippen molar-refractivity contribution in [3.63, 3.8) is 0 Å². The Balaban J connectivity index is 2.48. The Morgan fingerprint density at radius 1 is 1.56 bits per heavy atom. The number of amides is 1. The molecule has 0 saturated heterocycles. The number of carbonyl (C=O) groups excluding carboxylic acids is 1. The van der Waals surface area contributed by atoms with Crippen molar-refractivity contribution in [3.8, 4) is 5.88 Å². The van der Waals surface area contributed by atoms with E-state index in [4.69, 9.17) is 10.5 Å². The van der Waals surface area contributed by atoms with Crippen LogP contribution in [0.25, 0.3) is 0 Å². The Labute approximate surface area is 108 Å². The van der Waals surface area contributed by atoms with Crippen molar-refractivity contribution in [2.24, 2.45) is 11.7 Å². The average Bonchev–Trinajstić information content (AvgIpc) is 2.38. The highest BCUT2D eigenvalue weighted by Crippen LogP contribution is 2.14. The number of hydrogen-bond donors (Lipinski definition) is 2. The van der Waals surface area contributed by atoms with Crippen LogP contribution in [0.15, 0.2) is 18.3 Å². The summed E-state index contributed by atoms with van der Waals surface area (Å²) in [6.07, 6.45) is 3.25. The van der Waals surface area contributed by atoms with Crippen LogP contribution in [0.1, 0.15) is 26.7 Å². The molecule has 0 aliphatic rings. The Morgan fingerprint density at radius 2 is 2.33 bits per heavy atom. The van der Waals surface area contributed by atoms with Crippen LogP contribution in [0, 0.1) is 5.92 Å². The second kappa shape index (κ2) is 7.66. The van der Waals surface area contributed by atoms with Crippen molar-refractivity contribution in [2.75, 3.05) is 18.5 Å². The van der Waals surface area contributed by atoms with Crippen LogP contribution in [-0.4, -0.2) is 24.0 Å². The third-order valence-corrected chi connectivity index (χ3v) is 2.58. The summed E-state index contributed by atoms with van der Waals surface area (Å²) in [5.74, 6) is 0.515. The summed E-state index contributed by atoms with van der Waals surface area (Å²) in [5, 5.41) is 2.82. The SMILES string of the molecule is CCOc1ccc(NC(=O)C(C)CCCN)cn1. The molecule has 3 N–H and O–H groups in total. The van der Waals surface area contributed by atoms with Gasteiger partial charge in [-0.3, -0.25) is 4.79 Å². The molecule has 1 unspecified atom stereocenters. The minimum Gasteiger partial charge on any atom is -0.478 e. The molecule has 1 heterocycles. The lowest BCUT2D eigenvalue weighted by atomic mass is 10.0. The van der Waals surface area contributed by atoms with Crippen LogP contribution in [-0.2, 0) is 4.79 Å². The lowest BCUT2D eigenvalue weighted by molar-refractivity contribution is -0.119. The van der Waals surface area contributed by atoms with Gasteiger partial charge in [0.05, 0.1) is 18.5 Å². The number of anilines is 1. The highest BCUT2D eigenvalue weighted by atomic mass is 16.5. The maximum absolute atomic E-state index is 11.8. The zero-order valence-corrected chi connectivity index (χ0v) is 11.0. The van der Waals surface area contributed by atoms with Gasteiger partial charge in [-0.2, -0.15) is 0 Å². The number of pyridine rings is 1. The number of nitrogens with two attached hydrogens (primary N) is 1. The fourth-order valence-corrected chi connectivity index (χ4v) is 1.51. The second-order valence-corrected chi connectivity index (χ2v) is 4.14. The van der Waals surface area contributed by atoms with E-state index in [-0.39, 0.29) is 11.8 Å². The Hall–Kier alpha value is -1.62. The van der Waals surface area contributed by atoms with Crippen LogP contribution in [0.2, 0.25) is 0 Å². The first-order valence-corrected chi connectivity index (χ1v) is 6.27. The highest BCUT2D eigenvalue weighted by Gasteiger charge is 2.12. The number of rotatable bonds is 7. The van der Waals surface area contributed by atoms with E-state index in [2.05, 4.69) is 10.3 Å². The molecule has 1 amide bonds. The summed E-state index contributed by atoms with van der Waals surface area (Å²) >= 11 is 0. The summed E-state index contributed by atoms with van der Waals surface area (Å²) in [7, 11) is 0. The van der Waals surface area contributed by atoms with Crippen molar-refractivity contribution in [2.45, 2.75) is 26.7 Å². The molecule has 100 valence electrons. The molecule has 1 atom stereocenters. The van der Waals surface area contributed by atoms with Crippen LogP contribution in [0.5, 0.6) is 5.88 Å². The smallest absolute Gasteiger partial charge is 0.227 e. The molecule has 1 rings (SSSR count). The third-order valence-electron chi connectivity index (χ3n) is 2.58. The largest absolute Gasteiger partial charge is 0.478 e. The van der Waals surface area contributed by atoms with Crippen LogP contribution in [0.4, 0.5) is 5.69 Å². The van der Waals surface area contributed by atoms with Gasteiger partial charge >= 0.3 is 0 Å². The van der Waals surface area contributed by atoms with Gasteiger partial charge in [0.2, 0.25) is 11.8 Å². The molecular weight excluding hydrogens is 230 g/mol. The van der Waals surface area contributed by atoms with E-state index in [0.717, 1.165) is 12.8 Å². The van der Waals surface area contributed by atoms with E-state index in [0.29, 0.717) is 24.7 Å². The maximum Gasteiger partial charge on any atom is 0.227 e. The predicted molar refractivity (Wildman–Crippen MR) is 71.5 cm³/mol. The van der Waals surface area contributed by atoms with E-state index >= 15 is 0 Å². The van der Waals surface area contributed by atoms with E-state index in [1.165, 1.54) is 0 Å². The maximum atomic E-state index is 11.8. The van der Waals surface area contributed by atoms with Gasteiger partial charge in [0.15, 0.2) is 0 Å². The molecule has 0 fully saturated rings. The van der Waals surface area contributed by atoms with E-state index in [1.807, 2.05) is 13.8 Å². The number of aromatic nitrogens is 1. The first-order chi connectivity index (χ1) is 8.67. The lowest BCUT2D eigenvalue weighted by Gasteiger charge is -2.11. The van der Waals surface area contributed by atoms with Crippen LogP contribution in [0.3, 0.4) is 0 Å². The Bertz CT molecular complexity index is 365. The quantitative estimate of drug-likeness (QED) is 0.774. The van der Waals surface area contributed by atoms with Gasteiger partial charge in [0.1, 0.15) is 0 Å². The topological polar surface area (TPSA) is 77.2 Å². The molecule has 0 aliphatic carbocycles. The van der Waals surface area contributed by atoms with Crippen LogP contribution >= 0.6 is 0 Å². The fraction of sp³-hybridized carbons (Fsp3) is 0.538. The van der Waals surface area contributed by atoms with Gasteiger partial charge in [-0.05, 0) is 32.4 Å². The Kier molecular flexibility index (Phi) is 6.14. The molecule has 0 radical (unpaired) electrons. The lowest BCUT2D eigenvalue weighted by Crippen LogP contribution is -2.21. The second-order valence-electron chi connectivity index (χ2n) is 4.14. The molecule has 0 bridgehead atoms. The molecule has 0 aromatic carbocycles. The van der Waals surface area contributed by atoms with E-state index in [9.17, 15) is 4.79 Å². The first-order valence-electron chi connectivity index (χ1n) is 6.27. The number of nitrogens with zero attached hydrogens (tertiary/aromatic N) is 1.